The summed E-state index contributed by atoms with van der Waals surface area (Å²) in [5.41, 5.74) is 8.54. The summed E-state index contributed by atoms with van der Waals surface area (Å²) in [6.07, 6.45) is 1.66. The average Bonchev–Trinajstić information content (AvgIpc) is 2.64. The minimum Gasteiger partial charge on any atom is -0.397 e. The highest BCUT2D eigenvalue weighted by atomic mass is 15.4. The van der Waals surface area contributed by atoms with Gasteiger partial charge in [-0.25, -0.2) is 4.98 Å². The molecule has 4 heteroatoms. The number of nitrogens with zero attached hydrogens (tertiary/aromatic N) is 3. The number of rotatable bonds is 1. The highest BCUT2D eigenvalue weighted by Gasteiger charge is 2.28. The molecule has 3 rings (SSSR count). The van der Waals surface area contributed by atoms with Crippen molar-refractivity contribution in [3.63, 3.8) is 0 Å². The van der Waals surface area contributed by atoms with Crippen LogP contribution in [0.1, 0.15) is 0 Å². The van der Waals surface area contributed by atoms with Gasteiger partial charge in [-0.1, -0.05) is 18.7 Å². The molecule has 1 aliphatic heterocycles. The van der Waals surface area contributed by atoms with Gasteiger partial charge in [0.15, 0.2) is 0 Å². The third-order valence-electron chi connectivity index (χ3n) is 3.13. The molecule has 2 N–H and O–H groups in total. The number of hydrogen-bond donors (Lipinski definition) is 1. The lowest BCUT2D eigenvalue weighted by molar-refractivity contribution is 1.07. The van der Waals surface area contributed by atoms with E-state index in [-0.39, 0.29) is 0 Å². The molecule has 0 atom stereocenters. The zero-order chi connectivity index (χ0) is 12.7. The van der Waals surface area contributed by atoms with Crippen LogP contribution in [0.2, 0.25) is 0 Å². The van der Waals surface area contributed by atoms with Crippen LogP contribution in [-0.4, -0.2) is 12.0 Å². The summed E-state index contributed by atoms with van der Waals surface area (Å²) < 4.78 is 0. The van der Waals surface area contributed by atoms with Crippen molar-refractivity contribution >= 4 is 22.9 Å². The Morgan fingerprint density at radius 2 is 1.83 bits per heavy atom. The van der Waals surface area contributed by atoms with E-state index in [0.29, 0.717) is 5.69 Å². The number of anilines is 4. The van der Waals surface area contributed by atoms with E-state index in [1.165, 1.54) is 0 Å². The van der Waals surface area contributed by atoms with E-state index in [1.807, 2.05) is 41.1 Å². The van der Waals surface area contributed by atoms with Gasteiger partial charge in [0.05, 0.1) is 23.3 Å². The Bertz CT molecular complexity index is 603. The fourth-order valence-corrected chi connectivity index (χ4v) is 2.15. The van der Waals surface area contributed by atoms with Crippen molar-refractivity contribution in [3.8, 4) is 0 Å². The number of pyridine rings is 1. The summed E-state index contributed by atoms with van der Waals surface area (Å²) in [6.45, 7) is 4.11. The van der Waals surface area contributed by atoms with Gasteiger partial charge in [-0.3, -0.25) is 4.90 Å². The van der Waals surface area contributed by atoms with Crippen molar-refractivity contribution < 1.29 is 0 Å². The third-order valence-corrected chi connectivity index (χ3v) is 3.13. The molecule has 1 aliphatic rings. The molecule has 0 fully saturated rings. The van der Waals surface area contributed by atoms with Gasteiger partial charge in [-0.05, 0) is 24.3 Å². The molecular formula is C14H14N4. The van der Waals surface area contributed by atoms with Gasteiger partial charge >= 0.3 is 0 Å². The number of hydrogen-bond acceptors (Lipinski definition) is 4. The maximum Gasteiger partial charge on any atom is 0.138 e. The van der Waals surface area contributed by atoms with E-state index in [2.05, 4.69) is 23.7 Å². The first-order valence-electron chi connectivity index (χ1n) is 5.72. The standard InChI is InChI=1S/C14H14N4/c1-10-17(2)12-5-3-4-6-13(12)18(10)14-8-7-11(15)9-16-14/h3-9H,1,15H2,2H3. The van der Waals surface area contributed by atoms with Crippen LogP contribution in [0, 0.1) is 0 Å². The fourth-order valence-electron chi connectivity index (χ4n) is 2.15. The van der Waals surface area contributed by atoms with Gasteiger partial charge in [0, 0.05) is 7.05 Å². The van der Waals surface area contributed by atoms with E-state index in [1.54, 1.807) is 6.20 Å². The predicted molar refractivity (Wildman–Crippen MR) is 74.8 cm³/mol. The van der Waals surface area contributed by atoms with Crippen LogP contribution in [0.5, 0.6) is 0 Å². The summed E-state index contributed by atoms with van der Waals surface area (Å²) in [6, 6.07) is 11.9. The zero-order valence-electron chi connectivity index (χ0n) is 10.2. The molecule has 2 heterocycles. The molecule has 0 saturated heterocycles. The Morgan fingerprint density at radius 3 is 2.50 bits per heavy atom. The van der Waals surface area contributed by atoms with Gasteiger partial charge in [0.25, 0.3) is 0 Å². The largest absolute Gasteiger partial charge is 0.397 e. The van der Waals surface area contributed by atoms with Gasteiger partial charge in [-0.15, -0.1) is 0 Å². The van der Waals surface area contributed by atoms with Crippen LogP contribution in [0.15, 0.2) is 55.0 Å². The molecule has 0 spiro atoms. The molecule has 0 saturated carbocycles. The van der Waals surface area contributed by atoms with Crippen molar-refractivity contribution in [2.24, 2.45) is 0 Å². The van der Waals surface area contributed by atoms with Crippen LogP contribution in [0.4, 0.5) is 22.9 Å². The molecule has 1 aromatic carbocycles. The third kappa shape index (κ3) is 1.43. The van der Waals surface area contributed by atoms with Crippen LogP contribution >= 0.6 is 0 Å². The van der Waals surface area contributed by atoms with E-state index < -0.39 is 0 Å². The summed E-state index contributed by atoms with van der Waals surface area (Å²) in [5, 5.41) is 0. The average molecular weight is 238 g/mol. The quantitative estimate of drug-likeness (QED) is 0.829. The second-order valence-electron chi connectivity index (χ2n) is 4.25. The Balaban J connectivity index is 2.13. The summed E-state index contributed by atoms with van der Waals surface area (Å²) in [5.74, 6) is 1.71. The molecule has 0 bridgehead atoms. The maximum atomic E-state index is 5.67. The lowest BCUT2D eigenvalue weighted by atomic mass is 10.2. The number of benzene rings is 1. The van der Waals surface area contributed by atoms with Crippen molar-refractivity contribution in [2.45, 2.75) is 0 Å². The van der Waals surface area contributed by atoms with Crippen molar-refractivity contribution in [2.75, 3.05) is 22.6 Å². The first-order chi connectivity index (χ1) is 8.68. The predicted octanol–water partition coefficient (Wildman–Crippen LogP) is 2.72. The lowest BCUT2D eigenvalue weighted by Gasteiger charge is -2.20. The summed E-state index contributed by atoms with van der Waals surface area (Å²) >= 11 is 0. The number of nitrogen functional groups attached to an aromatic ring is 1. The number of aromatic nitrogens is 1. The van der Waals surface area contributed by atoms with E-state index in [0.717, 1.165) is 23.0 Å². The first kappa shape index (κ1) is 10.7. The molecular weight excluding hydrogens is 224 g/mol. The molecule has 0 amide bonds. The highest BCUT2D eigenvalue weighted by molar-refractivity contribution is 5.87. The monoisotopic (exact) mass is 238 g/mol. The summed E-state index contributed by atoms with van der Waals surface area (Å²) in [7, 11) is 2.00. The van der Waals surface area contributed by atoms with Crippen molar-refractivity contribution in [1.82, 2.24) is 4.98 Å². The SMILES string of the molecule is C=C1N(C)c2ccccc2N1c1ccc(N)cn1. The Hall–Kier alpha value is -2.49. The minimum absolute atomic E-state index is 0.658. The van der Waals surface area contributed by atoms with Crippen LogP contribution in [-0.2, 0) is 0 Å². The van der Waals surface area contributed by atoms with Gasteiger partial charge < -0.3 is 10.6 Å². The maximum absolute atomic E-state index is 5.67. The van der Waals surface area contributed by atoms with Crippen molar-refractivity contribution in [3.05, 3.63) is 55.0 Å². The van der Waals surface area contributed by atoms with E-state index >= 15 is 0 Å². The Labute approximate surface area is 106 Å². The van der Waals surface area contributed by atoms with E-state index in [9.17, 15) is 0 Å². The topological polar surface area (TPSA) is 45.4 Å². The second-order valence-corrected chi connectivity index (χ2v) is 4.25. The molecule has 1 aromatic heterocycles. The molecule has 90 valence electrons. The molecule has 18 heavy (non-hydrogen) atoms. The lowest BCUT2D eigenvalue weighted by Crippen LogP contribution is -2.21. The van der Waals surface area contributed by atoms with Crippen LogP contribution in [0.3, 0.4) is 0 Å². The van der Waals surface area contributed by atoms with Gasteiger partial charge in [0.2, 0.25) is 0 Å². The van der Waals surface area contributed by atoms with Gasteiger partial charge in [-0.2, -0.15) is 0 Å². The van der Waals surface area contributed by atoms with E-state index in [4.69, 9.17) is 5.73 Å². The first-order valence-corrected chi connectivity index (χ1v) is 5.72. The fraction of sp³-hybridized carbons (Fsp3) is 0.0714. The van der Waals surface area contributed by atoms with Crippen LogP contribution in [0.25, 0.3) is 0 Å². The minimum atomic E-state index is 0.658. The molecule has 0 radical (unpaired) electrons. The van der Waals surface area contributed by atoms with Crippen molar-refractivity contribution in [1.29, 1.82) is 0 Å². The Kier molecular flexibility index (Phi) is 2.23. The zero-order valence-corrected chi connectivity index (χ0v) is 10.2. The van der Waals surface area contributed by atoms with Gasteiger partial charge in [0.1, 0.15) is 11.6 Å². The Morgan fingerprint density at radius 1 is 1.11 bits per heavy atom. The molecule has 4 nitrogen and oxygen atoms in total. The number of nitrogens with two attached hydrogens (primary N) is 1. The number of fused-ring (bicyclic) bond motifs is 1. The highest BCUT2D eigenvalue weighted by Crippen LogP contribution is 2.43. The molecule has 0 aliphatic carbocycles. The normalized spacial score (nSPS) is 13.9. The molecule has 2 aromatic rings. The summed E-state index contributed by atoms with van der Waals surface area (Å²) in [4.78, 5) is 8.43. The smallest absolute Gasteiger partial charge is 0.138 e. The number of para-hydroxylation sites is 2. The second kappa shape index (κ2) is 3.77. The molecule has 0 unspecified atom stereocenters. The van der Waals surface area contributed by atoms with Crippen LogP contribution < -0.4 is 15.5 Å².